The van der Waals surface area contributed by atoms with Gasteiger partial charge in [0, 0.05) is 0 Å². The first-order chi connectivity index (χ1) is 2.64. The number of hydrogen-bond acceptors (Lipinski definition) is 2. The predicted octanol–water partition coefficient (Wildman–Crippen LogP) is -4.04. The van der Waals surface area contributed by atoms with E-state index in [1.807, 2.05) is 0 Å². The maximum absolute atomic E-state index is 9.55. The molecule has 0 rings (SSSR count). The van der Waals surface area contributed by atoms with Crippen molar-refractivity contribution < 1.29 is 29.1 Å². The topological polar surface area (TPSA) is 46.1 Å². The average molecular weight is 93.0 g/mol. The molecule has 0 aromatic rings. The Hall–Kier alpha value is -0.0626. The molecule has 0 saturated carbocycles. The molecule has 0 spiro atoms. The minimum Gasteiger partial charge on any atom is -0.884 e. The molecule has 7 heavy (non-hydrogen) atoms. The second-order valence-electron chi connectivity index (χ2n) is 1.29. The second-order valence-corrected chi connectivity index (χ2v) is 1.29. The predicted molar refractivity (Wildman–Crippen MR) is 18.4 cm³/mol. The van der Waals surface area contributed by atoms with Crippen molar-refractivity contribution in [2.45, 2.75) is 13.8 Å². The molecular weight excluding hydrogens is 87.0 g/mol. The van der Waals surface area contributed by atoms with E-state index in [0.29, 0.717) is 5.57 Å². The zero-order valence-corrected chi connectivity index (χ0v) is 4.82. The number of rotatable bonds is 0. The van der Waals surface area contributed by atoms with E-state index in [1.54, 1.807) is 0 Å². The normalized spacial score (nSPS) is 6.57. The second kappa shape index (κ2) is 4.11. The molecule has 36 valence electrons. The van der Waals surface area contributed by atoms with E-state index in [9.17, 15) is 10.2 Å². The van der Waals surface area contributed by atoms with E-state index in [0.717, 1.165) is 0 Å². The van der Waals surface area contributed by atoms with E-state index in [4.69, 9.17) is 0 Å². The Morgan fingerprint density at radius 2 is 1.29 bits per heavy atom. The van der Waals surface area contributed by atoms with Crippen LogP contribution in [0.2, 0.25) is 0 Å². The molecule has 0 saturated heterocycles. The van der Waals surface area contributed by atoms with Crippen LogP contribution in [-0.2, 0) is 0 Å². The van der Waals surface area contributed by atoms with Crippen molar-refractivity contribution in [3.05, 3.63) is 11.5 Å². The summed E-state index contributed by atoms with van der Waals surface area (Å²) in [6.45, 7) is 2.99. The third-order valence-corrected chi connectivity index (χ3v) is 0.408. The van der Waals surface area contributed by atoms with Crippen LogP contribution in [-0.4, -0.2) is 0 Å². The minimum atomic E-state index is -1.07. The van der Waals surface area contributed by atoms with Crippen molar-refractivity contribution in [2.75, 3.05) is 0 Å². The zero-order valence-electron chi connectivity index (χ0n) is 4.82. The summed E-state index contributed by atoms with van der Waals surface area (Å²) in [5, 5.41) is 19.1. The standard InChI is InChI=1S/C4H8O2.Li/c1-3(2)4(5)6;/h5-6H,1-2H3;/q;+1/p-2. The monoisotopic (exact) mass is 93.1 g/mol. The van der Waals surface area contributed by atoms with Crippen molar-refractivity contribution in [3.8, 4) is 0 Å². The van der Waals surface area contributed by atoms with Crippen LogP contribution in [0, 0.1) is 0 Å². The fourth-order valence-corrected chi connectivity index (χ4v) is 0. The van der Waals surface area contributed by atoms with Crippen molar-refractivity contribution in [3.63, 3.8) is 0 Å². The molecule has 0 aliphatic heterocycles. The smallest absolute Gasteiger partial charge is 0.884 e. The van der Waals surface area contributed by atoms with Gasteiger partial charge in [0.2, 0.25) is 0 Å². The van der Waals surface area contributed by atoms with Crippen molar-refractivity contribution in [2.24, 2.45) is 0 Å². The van der Waals surface area contributed by atoms with Gasteiger partial charge in [-0.15, -0.1) is 0 Å². The summed E-state index contributed by atoms with van der Waals surface area (Å²) < 4.78 is 0. The van der Waals surface area contributed by atoms with E-state index in [2.05, 4.69) is 0 Å². The number of allylic oxidation sites excluding steroid dienone is 1. The maximum Gasteiger partial charge on any atom is 1.00 e. The van der Waals surface area contributed by atoms with Gasteiger partial charge in [0.05, 0.1) is 0 Å². The molecule has 0 heterocycles. The summed E-state index contributed by atoms with van der Waals surface area (Å²) in [6, 6.07) is 0. The van der Waals surface area contributed by atoms with Crippen LogP contribution in [0.15, 0.2) is 11.5 Å². The van der Waals surface area contributed by atoms with Crippen molar-refractivity contribution in [1.82, 2.24) is 0 Å². The van der Waals surface area contributed by atoms with Gasteiger partial charge in [-0.1, -0.05) is 5.57 Å². The zero-order chi connectivity index (χ0) is 5.15. The summed E-state index contributed by atoms with van der Waals surface area (Å²) in [6.07, 6.45) is 0. The van der Waals surface area contributed by atoms with Gasteiger partial charge in [-0.3, -0.25) is 0 Å². The molecule has 0 aromatic carbocycles. The molecule has 0 N–H and O–H groups in total. The van der Waals surface area contributed by atoms with E-state index < -0.39 is 5.95 Å². The van der Waals surface area contributed by atoms with Crippen LogP contribution < -0.4 is 29.1 Å². The first kappa shape index (κ1) is 10.0. The average Bonchev–Trinajstić information content (AvgIpc) is 1.36. The fraction of sp³-hybridized carbons (Fsp3) is 0.500. The van der Waals surface area contributed by atoms with Crippen LogP contribution >= 0.6 is 0 Å². The SMILES string of the molecule is CC(C)=C([O-])[O-].[Li+]. The summed E-state index contributed by atoms with van der Waals surface area (Å²) in [5.41, 5.74) is 0.315. The molecule has 0 fully saturated rings. The van der Waals surface area contributed by atoms with Gasteiger partial charge in [-0.05, 0) is 13.8 Å². The molecule has 0 amide bonds. The largest absolute Gasteiger partial charge is 1.00 e. The molecule has 0 aromatic heterocycles. The Labute approximate surface area is 55.0 Å². The third-order valence-electron chi connectivity index (χ3n) is 0.408. The van der Waals surface area contributed by atoms with E-state index in [1.165, 1.54) is 13.8 Å². The van der Waals surface area contributed by atoms with Crippen molar-refractivity contribution in [1.29, 1.82) is 0 Å². The van der Waals surface area contributed by atoms with E-state index in [-0.39, 0.29) is 18.9 Å². The van der Waals surface area contributed by atoms with Gasteiger partial charge in [-0.2, -0.15) is 0 Å². The van der Waals surface area contributed by atoms with Gasteiger partial charge in [0.15, 0.2) is 0 Å². The minimum absolute atomic E-state index is 0. The van der Waals surface area contributed by atoms with Gasteiger partial charge in [0.1, 0.15) is 0 Å². The first-order valence-electron chi connectivity index (χ1n) is 1.66. The van der Waals surface area contributed by atoms with Crippen LogP contribution in [0.1, 0.15) is 13.8 Å². The summed E-state index contributed by atoms with van der Waals surface area (Å²) in [4.78, 5) is 0. The van der Waals surface area contributed by atoms with E-state index >= 15 is 0 Å². The Morgan fingerprint density at radius 3 is 1.29 bits per heavy atom. The fourth-order valence-electron chi connectivity index (χ4n) is 0. The van der Waals surface area contributed by atoms with Crippen LogP contribution in [0.25, 0.3) is 0 Å². The Morgan fingerprint density at radius 1 is 1.14 bits per heavy atom. The van der Waals surface area contributed by atoms with Crippen LogP contribution in [0.5, 0.6) is 0 Å². The Bertz CT molecular complexity index is 59.8. The van der Waals surface area contributed by atoms with Gasteiger partial charge < -0.3 is 10.2 Å². The molecular formula is C4H6LiO2-. The molecule has 0 unspecified atom stereocenters. The molecule has 3 heteroatoms. The third kappa shape index (κ3) is 5.94. The van der Waals surface area contributed by atoms with Crippen molar-refractivity contribution >= 4 is 0 Å². The van der Waals surface area contributed by atoms with Crippen LogP contribution in [0.4, 0.5) is 0 Å². The first-order valence-corrected chi connectivity index (χ1v) is 1.66. The quantitative estimate of drug-likeness (QED) is 0.226. The number of hydrogen-bond donors (Lipinski definition) is 0. The molecule has 0 aliphatic carbocycles. The summed E-state index contributed by atoms with van der Waals surface area (Å²) in [5.74, 6) is -1.07. The molecule has 0 radical (unpaired) electrons. The van der Waals surface area contributed by atoms with Gasteiger partial charge in [0.25, 0.3) is 0 Å². The Balaban J connectivity index is 0. The van der Waals surface area contributed by atoms with Gasteiger partial charge in [-0.25, -0.2) is 5.95 Å². The van der Waals surface area contributed by atoms with Crippen LogP contribution in [0.3, 0.4) is 0 Å². The molecule has 0 aliphatic rings. The molecule has 2 nitrogen and oxygen atoms in total. The summed E-state index contributed by atoms with van der Waals surface area (Å²) >= 11 is 0. The Kier molecular flexibility index (Phi) is 5.88. The van der Waals surface area contributed by atoms with Gasteiger partial charge >= 0.3 is 18.9 Å². The molecule has 0 bridgehead atoms. The molecule has 0 atom stereocenters. The summed E-state index contributed by atoms with van der Waals surface area (Å²) in [7, 11) is 0. The maximum atomic E-state index is 9.55.